The van der Waals surface area contributed by atoms with Gasteiger partial charge in [0, 0.05) is 24.0 Å². The molecule has 5 nitrogen and oxygen atoms in total. The van der Waals surface area contributed by atoms with Crippen LogP contribution in [0.3, 0.4) is 0 Å². The number of nitrogens with zero attached hydrogens (tertiary/aromatic N) is 1. The molecule has 2 rings (SSSR count). The van der Waals surface area contributed by atoms with Gasteiger partial charge in [0.1, 0.15) is 5.54 Å². The molecule has 1 aliphatic heterocycles. The minimum absolute atomic E-state index is 0.229. The number of hydrogen-bond acceptors (Lipinski definition) is 4. The number of hydrogen-bond donors (Lipinski definition) is 3. The van der Waals surface area contributed by atoms with Crippen molar-refractivity contribution in [1.29, 1.82) is 0 Å². The Morgan fingerprint density at radius 1 is 1.56 bits per heavy atom. The number of nitrogens with one attached hydrogen (secondary N) is 2. The first-order valence-electron chi connectivity index (χ1n) is 6.25. The fraction of sp³-hybridized carbons (Fsp3) is 0.538. The third-order valence-electron chi connectivity index (χ3n) is 3.50. The summed E-state index contributed by atoms with van der Waals surface area (Å²) in [6.07, 6.45) is 5.16. The smallest absolute Gasteiger partial charge is 0.328 e. The molecule has 0 saturated carbocycles. The van der Waals surface area contributed by atoms with E-state index < -0.39 is 11.5 Å². The van der Waals surface area contributed by atoms with Crippen LogP contribution in [0.25, 0.3) is 0 Å². The van der Waals surface area contributed by atoms with Crippen LogP contribution >= 0.6 is 0 Å². The highest BCUT2D eigenvalue weighted by Crippen LogP contribution is 2.22. The predicted molar refractivity (Wildman–Crippen MR) is 68.3 cm³/mol. The molecule has 1 atom stereocenters. The maximum absolute atomic E-state index is 11.6. The SMILES string of the molecule is CC(NC1CCNCC1)(C(=O)O)c1cccnc1. The van der Waals surface area contributed by atoms with Crippen LogP contribution in [0.5, 0.6) is 0 Å². The zero-order valence-corrected chi connectivity index (χ0v) is 10.5. The molecule has 3 N–H and O–H groups in total. The van der Waals surface area contributed by atoms with Gasteiger partial charge in [-0.1, -0.05) is 6.07 Å². The van der Waals surface area contributed by atoms with Gasteiger partial charge in [-0.3, -0.25) is 10.3 Å². The number of pyridine rings is 1. The number of carboxylic acids is 1. The van der Waals surface area contributed by atoms with Gasteiger partial charge in [0.05, 0.1) is 0 Å². The quantitative estimate of drug-likeness (QED) is 0.733. The van der Waals surface area contributed by atoms with Crippen LogP contribution in [0.4, 0.5) is 0 Å². The molecule has 0 radical (unpaired) electrons. The van der Waals surface area contributed by atoms with Gasteiger partial charge >= 0.3 is 5.97 Å². The van der Waals surface area contributed by atoms with Crippen molar-refractivity contribution in [2.24, 2.45) is 0 Å². The normalized spacial score (nSPS) is 20.3. The van der Waals surface area contributed by atoms with Gasteiger partial charge in [-0.2, -0.15) is 0 Å². The molecule has 0 aromatic carbocycles. The molecular weight excluding hydrogens is 230 g/mol. The molecule has 0 aliphatic carbocycles. The molecule has 1 unspecified atom stereocenters. The van der Waals surface area contributed by atoms with E-state index in [1.165, 1.54) is 0 Å². The predicted octanol–water partition coefficient (Wildman–Crippen LogP) is 0.723. The Morgan fingerprint density at radius 2 is 2.28 bits per heavy atom. The Balaban J connectivity index is 2.19. The molecule has 0 amide bonds. The molecule has 98 valence electrons. The maximum atomic E-state index is 11.6. The minimum Gasteiger partial charge on any atom is -0.480 e. The molecule has 0 bridgehead atoms. The average Bonchev–Trinajstić information content (AvgIpc) is 2.40. The highest BCUT2D eigenvalue weighted by atomic mass is 16.4. The number of piperidine rings is 1. The number of rotatable bonds is 4. The Morgan fingerprint density at radius 3 is 2.83 bits per heavy atom. The van der Waals surface area contributed by atoms with Crippen LogP contribution in [0, 0.1) is 0 Å². The van der Waals surface area contributed by atoms with Crippen LogP contribution < -0.4 is 10.6 Å². The summed E-state index contributed by atoms with van der Waals surface area (Å²) < 4.78 is 0. The van der Waals surface area contributed by atoms with E-state index in [4.69, 9.17) is 0 Å². The summed E-state index contributed by atoms with van der Waals surface area (Å²) in [6.45, 7) is 3.56. The zero-order valence-electron chi connectivity index (χ0n) is 10.5. The second-order valence-corrected chi connectivity index (χ2v) is 4.84. The van der Waals surface area contributed by atoms with Gasteiger partial charge < -0.3 is 10.4 Å². The standard InChI is InChI=1S/C13H19N3O2/c1-13(12(17)18,10-3-2-6-15-9-10)16-11-4-7-14-8-5-11/h2-3,6,9,11,14,16H,4-5,7-8H2,1H3,(H,17,18). The number of aliphatic carboxylic acids is 1. The van der Waals surface area contributed by atoms with E-state index in [0.717, 1.165) is 25.9 Å². The molecule has 1 aromatic heterocycles. The van der Waals surface area contributed by atoms with Crippen molar-refractivity contribution in [1.82, 2.24) is 15.6 Å². The van der Waals surface area contributed by atoms with Crippen LogP contribution in [-0.4, -0.2) is 35.2 Å². The Labute approximate surface area is 107 Å². The van der Waals surface area contributed by atoms with Crippen molar-refractivity contribution in [3.63, 3.8) is 0 Å². The van der Waals surface area contributed by atoms with Crippen molar-refractivity contribution >= 4 is 5.97 Å². The van der Waals surface area contributed by atoms with Crippen LogP contribution in [0.2, 0.25) is 0 Å². The summed E-state index contributed by atoms with van der Waals surface area (Å²) in [7, 11) is 0. The fourth-order valence-electron chi connectivity index (χ4n) is 2.30. The third kappa shape index (κ3) is 2.68. The summed E-state index contributed by atoms with van der Waals surface area (Å²) in [5.41, 5.74) is -0.382. The van der Waals surface area contributed by atoms with E-state index in [0.29, 0.717) is 5.56 Å². The number of carboxylic acid groups (broad SMARTS) is 1. The lowest BCUT2D eigenvalue weighted by Crippen LogP contribution is -2.53. The maximum Gasteiger partial charge on any atom is 0.328 e. The van der Waals surface area contributed by atoms with Crippen LogP contribution in [-0.2, 0) is 10.3 Å². The minimum atomic E-state index is -1.07. The first kappa shape index (κ1) is 13.0. The van der Waals surface area contributed by atoms with Gasteiger partial charge in [-0.15, -0.1) is 0 Å². The first-order chi connectivity index (χ1) is 8.63. The summed E-state index contributed by atoms with van der Waals surface area (Å²) in [6, 6.07) is 3.79. The number of carbonyl (C=O) groups is 1. The summed E-state index contributed by atoms with van der Waals surface area (Å²) in [5.74, 6) is -0.867. The van der Waals surface area contributed by atoms with E-state index >= 15 is 0 Å². The van der Waals surface area contributed by atoms with Crippen LogP contribution in [0.15, 0.2) is 24.5 Å². The molecule has 1 fully saturated rings. The molecule has 1 aliphatic rings. The van der Waals surface area contributed by atoms with E-state index in [-0.39, 0.29) is 6.04 Å². The fourth-order valence-corrected chi connectivity index (χ4v) is 2.30. The van der Waals surface area contributed by atoms with E-state index in [1.54, 1.807) is 31.5 Å². The van der Waals surface area contributed by atoms with E-state index in [2.05, 4.69) is 15.6 Å². The molecule has 0 spiro atoms. The molecule has 1 aromatic rings. The zero-order chi connectivity index (χ0) is 13.0. The molecule has 2 heterocycles. The van der Waals surface area contributed by atoms with Gasteiger partial charge in [-0.05, 0) is 38.9 Å². The van der Waals surface area contributed by atoms with Crippen molar-refractivity contribution in [2.75, 3.05) is 13.1 Å². The summed E-state index contributed by atoms with van der Waals surface area (Å²) >= 11 is 0. The van der Waals surface area contributed by atoms with E-state index in [9.17, 15) is 9.90 Å². The van der Waals surface area contributed by atoms with Crippen molar-refractivity contribution < 1.29 is 9.90 Å². The first-order valence-corrected chi connectivity index (χ1v) is 6.25. The Hall–Kier alpha value is -1.46. The Bertz CT molecular complexity index is 404. The highest BCUT2D eigenvalue weighted by molar-refractivity contribution is 5.80. The van der Waals surface area contributed by atoms with Crippen molar-refractivity contribution in [3.8, 4) is 0 Å². The average molecular weight is 249 g/mol. The Kier molecular flexibility index (Phi) is 3.93. The van der Waals surface area contributed by atoms with Gasteiger partial charge in [0.25, 0.3) is 0 Å². The number of aromatic nitrogens is 1. The molecular formula is C13H19N3O2. The van der Waals surface area contributed by atoms with Gasteiger partial charge in [0.2, 0.25) is 0 Å². The topological polar surface area (TPSA) is 74.2 Å². The van der Waals surface area contributed by atoms with Crippen molar-refractivity contribution in [2.45, 2.75) is 31.3 Å². The lowest BCUT2D eigenvalue weighted by atomic mass is 9.91. The van der Waals surface area contributed by atoms with Gasteiger partial charge in [0.15, 0.2) is 0 Å². The highest BCUT2D eigenvalue weighted by Gasteiger charge is 2.37. The molecule has 18 heavy (non-hydrogen) atoms. The lowest BCUT2D eigenvalue weighted by Gasteiger charge is -2.33. The van der Waals surface area contributed by atoms with Crippen molar-refractivity contribution in [3.05, 3.63) is 30.1 Å². The summed E-state index contributed by atoms with van der Waals surface area (Å²) in [5, 5.41) is 16.0. The van der Waals surface area contributed by atoms with Crippen LogP contribution in [0.1, 0.15) is 25.3 Å². The summed E-state index contributed by atoms with van der Waals surface area (Å²) in [4.78, 5) is 15.6. The third-order valence-corrected chi connectivity index (χ3v) is 3.50. The molecule has 5 heteroatoms. The monoisotopic (exact) mass is 249 g/mol. The molecule has 1 saturated heterocycles. The second-order valence-electron chi connectivity index (χ2n) is 4.84. The van der Waals surface area contributed by atoms with Gasteiger partial charge in [-0.25, -0.2) is 4.79 Å². The van der Waals surface area contributed by atoms with E-state index in [1.807, 2.05) is 0 Å². The second kappa shape index (κ2) is 5.46. The lowest BCUT2D eigenvalue weighted by molar-refractivity contribution is -0.145. The largest absolute Gasteiger partial charge is 0.480 e.